The Hall–Kier alpha value is -0.350. The third-order valence-electron chi connectivity index (χ3n) is 2.56. The number of phenols is 1. The molecular formula is C12H17BrO2S. The van der Waals surface area contributed by atoms with Gasteiger partial charge in [-0.2, -0.15) is 0 Å². The second-order valence-corrected chi connectivity index (χ2v) is 6.26. The topological polar surface area (TPSA) is 37.3 Å². The van der Waals surface area contributed by atoms with Gasteiger partial charge in [0.25, 0.3) is 0 Å². The second-order valence-electron chi connectivity index (χ2n) is 3.84. The van der Waals surface area contributed by atoms with Crippen LogP contribution in [-0.2, 0) is 10.8 Å². The number of halogens is 1. The van der Waals surface area contributed by atoms with Crippen molar-refractivity contribution in [2.75, 3.05) is 6.26 Å². The molecule has 0 spiro atoms. The van der Waals surface area contributed by atoms with E-state index in [0.717, 1.165) is 24.8 Å². The Bertz CT molecular complexity index is 379. The molecule has 0 aliphatic carbocycles. The van der Waals surface area contributed by atoms with E-state index in [1.165, 1.54) is 0 Å². The molecule has 1 rings (SSSR count). The molecule has 0 fully saturated rings. The summed E-state index contributed by atoms with van der Waals surface area (Å²) >= 11 is 3.28. The van der Waals surface area contributed by atoms with Crippen molar-refractivity contribution in [3.63, 3.8) is 0 Å². The highest BCUT2D eigenvalue weighted by Crippen LogP contribution is 2.31. The minimum atomic E-state index is -0.873. The highest BCUT2D eigenvalue weighted by molar-refractivity contribution is 9.10. The normalized spacial score (nSPS) is 14.7. The van der Waals surface area contributed by atoms with Gasteiger partial charge >= 0.3 is 0 Å². The van der Waals surface area contributed by atoms with Crippen LogP contribution in [0.1, 0.15) is 37.0 Å². The first kappa shape index (κ1) is 13.7. The third-order valence-corrected chi connectivity index (χ3v) is 4.51. The first-order valence-corrected chi connectivity index (χ1v) is 7.78. The van der Waals surface area contributed by atoms with Crippen LogP contribution in [0.25, 0.3) is 0 Å². The summed E-state index contributed by atoms with van der Waals surface area (Å²) in [5, 5.41) is 9.48. The Balaban J connectivity index is 2.92. The van der Waals surface area contributed by atoms with Crippen molar-refractivity contribution in [1.29, 1.82) is 0 Å². The van der Waals surface area contributed by atoms with Crippen LogP contribution in [-0.4, -0.2) is 15.6 Å². The summed E-state index contributed by atoms with van der Waals surface area (Å²) < 4.78 is 12.3. The van der Waals surface area contributed by atoms with Gasteiger partial charge < -0.3 is 5.11 Å². The zero-order valence-electron chi connectivity index (χ0n) is 9.57. The number of hydrogen-bond acceptors (Lipinski definition) is 2. The van der Waals surface area contributed by atoms with Gasteiger partial charge in [-0.05, 0) is 40.0 Å². The van der Waals surface area contributed by atoms with E-state index in [1.807, 2.05) is 12.1 Å². The van der Waals surface area contributed by atoms with Crippen LogP contribution in [0.3, 0.4) is 0 Å². The van der Waals surface area contributed by atoms with Gasteiger partial charge in [0.15, 0.2) is 0 Å². The van der Waals surface area contributed by atoms with Gasteiger partial charge in [-0.3, -0.25) is 4.21 Å². The molecule has 90 valence electrons. The quantitative estimate of drug-likeness (QED) is 0.899. The lowest BCUT2D eigenvalue weighted by Gasteiger charge is -2.15. The maximum Gasteiger partial charge on any atom is 0.129 e. The largest absolute Gasteiger partial charge is 0.507 e. The molecular weight excluding hydrogens is 288 g/mol. The monoisotopic (exact) mass is 304 g/mol. The zero-order valence-corrected chi connectivity index (χ0v) is 12.0. The Morgan fingerprint density at radius 2 is 2.19 bits per heavy atom. The van der Waals surface area contributed by atoms with Crippen LogP contribution in [0, 0.1) is 0 Å². The fraction of sp³-hybridized carbons (Fsp3) is 0.500. The van der Waals surface area contributed by atoms with Crippen molar-refractivity contribution < 1.29 is 9.32 Å². The summed E-state index contributed by atoms with van der Waals surface area (Å²) in [6.45, 7) is 2.13. The minimum absolute atomic E-state index is 0.0665. The Morgan fingerprint density at radius 1 is 1.50 bits per heavy atom. The van der Waals surface area contributed by atoms with Crippen LogP contribution in [0.4, 0.5) is 0 Å². The van der Waals surface area contributed by atoms with E-state index in [-0.39, 0.29) is 11.0 Å². The van der Waals surface area contributed by atoms with E-state index in [4.69, 9.17) is 0 Å². The number of rotatable bonds is 5. The predicted molar refractivity (Wildman–Crippen MR) is 72.1 cm³/mol. The predicted octanol–water partition coefficient (Wildman–Crippen LogP) is 3.76. The summed E-state index contributed by atoms with van der Waals surface area (Å²) in [6.07, 6.45) is 4.84. The van der Waals surface area contributed by atoms with E-state index in [0.29, 0.717) is 4.47 Å². The molecule has 1 N–H and O–H groups in total. The molecule has 0 aromatic heterocycles. The average Bonchev–Trinajstić information content (AvgIpc) is 2.23. The van der Waals surface area contributed by atoms with E-state index in [2.05, 4.69) is 22.9 Å². The molecule has 0 heterocycles. The van der Waals surface area contributed by atoms with E-state index in [9.17, 15) is 9.32 Å². The maximum absolute atomic E-state index is 11.7. The molecule has 0 amide bonds. The molecule has 2 unspecified atom stereocenters. The minimum Gasteiger partial charge on any atom is -0.507 e. The van der Waals surface area contributed by atoms with Gasteiger partial charge in [-0.15, -0.1) is 0 Å². The van der Waals surface area contributed by atoms with Crippen LogP contribution >= 0.6 is 15.9 Å². The zero-order chi connectivity index (χ0) is 12.1. The molecule has 2 nitrogen and oxygen atoms in total. The summed E-state index contributed by atoms with van der Waals surface area (Å²) in [5.74, 6) is 0.222. The summed E-state index contributed by atoms with van der Waals surface area (Å²) in [7, 11) is -0.873. The van der Waals surface area contributed by atoms with Crippen molar-refractivity contribution in [1.82, 2.24) is 0 Å². The number of hydrogen-bond donors (Lipinski definition) is 1. The molecule has 1 aromatic rings. The van der Waals surface area contributed by atoms with E-state index in [1.54, 1.807) is 12.3 Å². The van der Waals surface area contributed by atoms with E-state index < -0.39 is 10.8 Å². The molecule has 0 saturated heterocycles. The molecule has 0 radical (unpaired) electrons. The van der Waals surface area contributed by atoms with Crippen molar-refractivity contribution in [3.8, 4) is 5.75 Å². The molecule has 0 aliphatic rings. The fourth-order valence-electron chi connectivity index (χ4n) is 1.64. The Labute approximate surface area is 108 Å². The van der Waals surface area contributed by atoms with Crippen LogP contribution < -0.4 is 0 Å². The van der Waals surface area contributed by atoms with Crippen molar-refractivity contribution >= 4 is 26.7 Å². The SMILES string of the molecule is CCCCC(c1ccc(O)c(Br)c1)S(C)=O. The lowest BCUT2D eigenvalue weighted by Crippen LogP contribution is -2.05. The summed E-state index contributed by atoms with van der Waals surface area (Å²) in [6, 6.07) is 5.35. The molecule has 0 bridgehead atoms. The first-order chi connectivity index (χ1) is 7.56. The van der Waals surface area contributed by atoms with Gasteiger partial charge in [0.05, 0.1) is 9.72 Å². The first-order valence-electron chi connectivity index (χ1n) is 5.37. The van der Waals surface area contributed by atoms with Crippen molar-refractivity contribution in [2.45, 2.75) is 31.4 Å². The van der Waals surface area contributed by atoms with Gasteiger partial charge in [0, 0.05) is 17.1 Å². The smallest absolute Gasteiger partial charge is 0.129 e. The molecule has 2 atom stereocenters. The number of unbranched alkanes of at least 4 members (excludes halogenated alkanes) is 1. The maximum atomic E-state index is 11.7. The highest BCUT2D eigenvalue weighted by Gasteiger charge is 2.16. The molecule has 1 aromatic carbocycles. The van der Waals surface area contributed by atoms with Gasteiger partial charge in [0.2, 0.25) is 0 Å². The Kier molecular flexibility index (Phi) is 5.49. The van der Waals surface area contributed by atoms with Gasteiger partial charge in [0.1, 0.15) is 5.75 Å². The second kappa shape index (κ2) is 6.40. The van der Waals surface area contributed by atoms with Crippen molar-refractivity contribution in [3.05, 3.63) is 28.2 Å². The Morgan fingerprint density at radius 3 is 2.69 bits per heavy atom. The van der Waals surface area contributed by atoms with Crippen molar-refractivity contribution in [2.24, 2.45) is 0 Å². The summed E-state index contributed by atoms with van der Waals surface area (Å²) in [5.41, 5.74) is 1.03. The molecule has 0 aliphatic heterocycles. The molecule has 4 heteroatoms. The number of aromatic hydroxyl groups is 1. The lowest BCUT2D eigenvalue weighted by molar-refractivity contribution is 0.471. The lowest BCUT2D eigenvalue weighted by atomic mass is 10.1. The van der Waals surface area contributed by atoms with Gasteiger partial charge in [-0.1, -0.05) is 25.8 Å². The summed E-state index contributed by atoms with van der Waals surface area (Å²) in [4.78, 5) is 0. The third kappa shape index (κ3) is 3.59. The molecule has 0 saturated carbocycles. The highest BCUT2D eigenvalue weighted by atomic mass is 79.9. The number of benzene rings is 1. The van der Waals surface area contributed by atoms with E-state index >= 15 is 0 Å². The van der Waals surface area contributed by atoms with Crippen LogP contribution in [0.5, 0.6) is 5.75 Å². The van der Waals surface area contributed by atoms with Gasteiger partial charge in [-0.25, -0.2) is 0 Å². The van der Waals surface area contributed by atoms with Crippen LogP contribution in [0.2, 0.25) is 0 Å². The standard InChI is InChI=1S/C12H17BrO2S/c1-3-4-5-12(16(2)15)9-6-7-11(14)10(13)8-9/h6-8,12,14H,3-5H2,1-2H3. The average molecular weight is 305 g/mol. The molecule has 16 heavy (non-hydrogen) atoms. The van der Waals surface area contributed by atoms with Crippen LogP contribution in [0.15, 0.2) is 22.7 Å². The number of phenolic OH excluding ortho intramolecular Hbond substituents is 1. The fourth-order valence-corrected chi connectivity index (χ4v) is 3.06.